The van der Waals surface area contributed by atoms with E-state index < -0.39 is 0 Å². The van der Waals surface area contributed by atoms with Gasteiger partial charge in [-0.2, -0.15) is 0 Å². The van der Waals surface area contributed by atoms with E-state index in [0.717, 1.165) is 22.1 Å². The lowest BCUT2D eigenvalue weighted by Gasteiger charge is -2.09. The van der Waals surface area contributed by atoms with Crippen molar-refractivity contribution in [3.63, 3.8) is 0 Å². The van der Waals surface area contributed by atoms with Gasteiger partial charge in [-0.15, -0.1) is 16.8 Å². The zero-order chi connectivity index (χ0) is 17.8. The number of rotatable bonds is 6. The van der Waals surface area contributed by atoms with Crippen molar-refractivity contribution >= 4 is 40.7 Å². The summed E-state index contributed by atoms with van der Waals surface area (Å²) in [6, 6.07) is 13.1. The zero-order valence-electron chi connectivity index (χ0n) is 13.8. The third kappa shape index (κ3) is 4.59. The van der Waals surface area contributed by atoms with Gasteiger partial charge in [-0.3, -0.25) is 4.57 Å². The third-order valence-electron chi connectivity index (χ3n) is 3.57. The summed E-state index contributed by atoms with van der Waals surface area (Å²) in [5.41, 5.74) is 8.43. The summed E-state index contributed by atoms with van der Waals surface area (Å²) in [5.74, 6) is 1.46. The van der Waals surface area contributed by atoms with E-state index in [1.54, 1.807) is 17.8 Å². The van der Waals surface area contributed by atoms with Crippen molar-refractivity contribution in [1.29, 1.82) is 0 Å². The maximum atomic E-state index is 6.24. The fraction of sp³-hybridized carbons (Fsp3) is 0.111. The molecule has 0 radical (unpaired) electrons. The molecule has 3 rings (SSSR count). The number of thioether (sulfide) groups is 1. The average molecular weight is 409 g/mol. The molecule has 0 fully saturated rings. The Hall–Kier alpha value is -1.99. The third-order valence-corrected chi connectivity index (χ3v) is 5.17. The molecule has 0 aliphatic carbocycles. The van der Waals surface area contributed by atoms with E-state index in [-0.39, 0.29) is 5.48 Å². The second kappa shape index (κ2) is 9.09. The first-order valence-electron chi connectivity index (χ1n) is 7.55. The molecule has 3 aromatic rings. The molecule has 0 saturated carbocycles. The van der Waals surface area contributed by atoms with Gasteiger partial charge in [0.05, 0.1) is 0 Å². The van der Waals surface area contributed by atoms with E-state index in [4.69, 9.17) is 28.9 Å². The molecule has 0 aliphatic rings. The van der Waals surface area contributed by atoms with Crippen LogP contribution in [-0.2, 0) is 12.3 Å². The molecule has 1 heterocycles. The highest BCUT2D eigenvalue weighted by Gasteiger charge is 2.14. The lowest BCUT2D eigenvalue weighted by Crippen LogP contribution is -2.01. The van der Waals surface area contributed by atoms with Crippen LogP contribution in [-0.4, -0.2) is 20.2 Å². The molecule has 0 saturated heterocycles. The van der Waals surface area contributed by atoms with Crippen molar-refractivity contribution in [2.75, 3.05) is 5.73 Å². The van der Waals surface area contributed by atoms with Crippen LogP contribution in [0.25, 0.3) is 11.4 Å². The van der Waals surface area contributed by atoms with Gasteiger partial charge in [0, 0.05) is 33.6 Å². The summed E-state index contributed by atoms with van der Waals surface area (Å²) in [4.78, 5) is 0. The van der Waals surface area contributed by atoms with Gasteiger partial charge in [-0.25, -0.2) is 0 Å². The van der Waals surface area contributed by atoms with Crippen LogP contribution in [0.1, 0.15) is 5.56 Å². The Morgan fingerprint density at radius 3 is 2.50 bits per heavy atom. The van der Waals surface area contributed by atoms with E-state index in [1.165, 1.54) is 0 Å². The molecule has 0 unspecified atom stereocenters. The Kier molecular flexibility index (Phi) is 7.11. The molecule has 0 bridgehead atoms. The number of benzene rings is 2. The topological polar surface area (TPSA) is 88.2 Å². The summed E-state index contributed by atoms with van der Waals surface area (Å²) in [7, 11) is 0. The van der Waals surface area contributed by atoms with Gasteiger partial charge in [0.1, 0.15) is 0 Å². The molecular weight excluding hydrogens is 391 g/mol. The first-order valence-corrected chi connectivity index (χ1v) is 9.29. The second-order valence-electron chi connectivity index (χ2n) is 5.35. The molecule has 0 spiro atoms. The monoisotopic (exact) mass is 408 g/mol. The second-order valence-corrected chi connectivity index (χ2v) is 7.14. The number of halogens is 2. The van der Waals surface area contributed by atoms with Gasteiger partial charge >= 0.3 is 0 Å². The van der Waals surface area contributed by atoms with Crippen molar-refractivity contribution in [2.45, 2.75) is 17.5 Å². The maximum Gasteiger partial charge on any atom is 0.192 e. The van der Waals surface area contributed by atoms with Crippen LogP contribution in [0.3, 0.4) is 0 Å². The summed E-state index contributed by atoms with van der Waals surface area (Å²) < 4.78 is 2.02. The van der Waals surface area contributed by atoms with Crippen molar-refractivity contribution in [2.24, 2.45) is 0 Å². The van der Waals surface area contributed by atoms with Crippen LogP contribution in [0.4, 0.5) is 5.69 Å². The lowest BCUT2D eigenvalue weighted by atomic mass is 10.2. The summed E-state index contributed by atoms with van der Waals surface area (Å²) in [6.07, 6.45) is 1.82. The fourth-order valence-corrected chi connectivity index (χ4v) is 3.82. The number of nitrogens with two attached hydrogens (primary N) is 1. The fourth-order valence-electron chi connectivity index (χ4n) is 2.32. The first kappa shape index (κ1) is 20.3. The predicted octanol–water partition coefficient (Wildman–Crippen LogP) is 4.49. The Balaban J connectivity index is 0.00000243. The highest BCUT2D eigenvalue weighted by Crippen LogP contribution is 2.30. The molecule has 0 aliphatic heterocycles. The van der Waals surface area contributed by atoms with Crippen molar-refractivity contribution < 1.29 is 5.48 Å². The van der Waals surface area contributed by atoms with Gasteiger partial charge in [-0.1, -0.05) is 47.1 Å². The summed E-state index contributed by atoms with van der Waals surface area (Å²) in [6.45, 7) is 4.44. The SMILES string of the molecule is C=CCn1c(SCc2ccc(Cl)cc2Cl)nnc1-c1ccc(N)cc1.O. The lowest BCUT2D eigenvalue weighted by molar-refractivity contribution is 0.731. The van der Waals surface area contributed by atoms with Crippen LogP contribution in [0.2, 0.25) is 10.0 Å². The average Bonchev–Trinajstić information content (AvgIpc) is 2.98. The van der Waals surface area contributed by atoms with E-state index in [9.17, 15) is 0 Å². The minimum atomic E-state index is 0. The van der Waals surface area contributed by atoms with Crippen LogP contribution >= 0.6 is 35.0 Å². The predicted molar refractivity (Wildman–Crippen MR) is 110 cm³/mol. The molecule has 0 atom stereocenters. The molecule has 5 nitrogen and oxygen atoms in total. The van der Waals surface area contributed by atoms with Crippen molar-refractivity contribution in [3.05, 3.63) is 70.7 Å². The highest BCUT2D eigenvalue weighted by molar-refractivity contribution is 7.98. The minimum Gasteiger partial charge on any atom is -0.412 e. The molecule has 136 valence electrons. The standard InChI is InChI=1S/C18H16Cl2N4S.H2O/c1-2-9-24-17(12-4-7-15(21)8-5-12)22-23-18(24)25-11-13-3-6-14(19)10-16(13)20;/h2-8,10H,1,9,11,21H2;1H2. The van der Waals surface area contributed by atoms with Gasteiger partial charge in [0.2, 0.25) is 0 Å². The smallest absolute Gasteiger partial charge is 0.192 e. The molecule has 8 heteroatoms. The van der Waals surface area contributed by atoms with Crippen LogP contribution in [0.5, 0.6) is 0 Å². The van der Waals surface area contributed by atoms with Crippen LogP contribution in [0, 0.1) is 0 Å². The van der Waals surface area contributed by atoms with Crippen LogP contribution < -0.4 is 5.73 Å². The van der Waals surface area contributed by atoms with Gasteiger partial charge in [-0.05, 0) is 42.0 Å². The molecule has 2 aromatic carbocycles. The summed E-state index contributed by atoms with van der Waals surface area (Å²) >= 11 is 13.8. The maximum absolute atomic E-state index is 6.24. The van der Waals surface area contributed by atoms with Gasteiger partial charge in [0.25, 0.3) is 0 Å². The van der Waals surface area contributed by atoms with E-state index in [2.05, 4.69) is 16.8 Å². The molecule has 0 amide bonds. The van der Waals surface area contributed by atoms with Gasteiger partial charge in [0.15, 0.2) is 11.0 Å². The van der Waals surface area contributed by atoms with Crippen molar-refractivity contribution in [1.82, 2.24) is 14.8 Å². The molecular formula is C18H18Cl2N4OS. The summed E-state index contributed by atoms with van der Waals surface area (Å²) in [5, 5.41) is 10.7. The van der Waals surface area contributed by atoms with E-state index in [0.29, 0.717) is 28.0 Å². The Labute approximate surface area is 166 Å². The van der Waals surface area contributed by atoms with Crippen LogP contribution in [0.15, 0.2) is 60.3 Å². The number of allylic oxidation sites excluding steroid dienone is 1. The Morgan fingerprint density at radius 1 is 1.12 bits per heavy atom. The normalized spacial score (nSPS) is 10.4. The Morgan fingerprint density at radius 2 is 1.85 bits per heavy atom. The van der Waals surface area contributed by atoms with Gasteiger partial charge < -0.3 is 11.2 Å². The zero-order valence-corrected chi connectivity index (χ0v) is 16.2. The number of hydrogen-bond donors (Lipinski definition) is 1. The number of aromatic nitrogens is 3. The number of nitrogen functional groups attached to an aromatic ring is 1. The number of nitrogens with zero attached hydrogens (tertiary/aromatic N) is 3. The van der Waals surface area contributed by atoms with Crippen molar-refractivity contribution in [3.8, 4) is 11.4 Å². The van der Waals surface area contributed by atoms with E-state index in [1.807, 2.05) is 47.0 Å². The quantitative estimate of drug-likeness (QED) is 0.369. The molecule has 1 aromatic heterocycles. The van der Waals surface area contributed by atoms with E-state index >= 15 is 0 Å². The number of hydrogen-bond acceptors (Lipinski definition) is 4. The Bertz CT molecular complexity index is 897. The number of anilines is 1. The highest BCUT2D eigenvalue weighted by atomic mass is 35.5. The largest absolute Gasteiger partial charge is 0.412 e. The minimum absolute atomic E-state index is 0. The first-order chi connectivity index (χ1) is 12.1. The molecule has 26 heavy (non-hydrogen) atoms. The molecule has 4 N–H and O–H groups in total.